The van der Waals surface area contributed by atoms with E-state index < -0.39 is 29.9 Å². The lowest BCUT2D eigenvalue weighted by atomic mass is 9.83. The minimum Gasteiger partial charge on any atom is -0.481 e. The summed E-state index contributed by atoms with van der Waals surface area (Å²) in [5, 5.41) is 9.52. The third kappa shape index (κ3) is 6.95. The first-order valence-corrected chi connectivity index (χ1v) is 8.55. The lowest BCUT2D eigenvalue weighted by Gasteiger charge is -2.22. The molecular formula is C19H26O6. The van der Waals surface area contributed by atoms with Gasteiger partial charge in [-0.25, -0.2) is 4.79 Å². The van der Waals surface area contributed by atoms with Crippen LogP contribution in [0.3, 0.4) is 0 Å². The fourth-order valence-corrected chi connectivity index (χ4v) is 2.76. The van der Waals surface area contributed by atoms with Gasteiger partial charge in [-0.05, 0) is 37.7 Å². The molecule has 25 heavy (non-hydrogen) atoms. The molecule has 0 spiro atoms. The van der Waals surface area contributed by atoms with Gasteiger partial charge in [0.15, 0.2) is 0 Å². The smallest absolute Gasteiger partial charge is 0.481 e. The minimum absolute atomic E-state index is 0.0931. The molecule has 0 heterocycles. The Morgan fingerprint density at radius 2 is 1.72 bits per heavy atom. The number of hydrogen-bond donors (Lipinski definition) is 1. The van der Waals surface area contributed by atoms with Crippen molar-refractivity contribution in [3.05, 3.63) is 35.9 Å². The third-order valence-electron chi connectivity index (χ3n) is 4.17. The summed E-state index contributed by atoms with van der Waals surface area (Å²) in [5.41, 5.74) is 1.08. The average molecular weight is 350 g/mol. The number of rotatable bonds is 9. The number of aliphatic carboxylic acids is 1. The predicted molar refractivity (Wildman–Crippen MR) is 92.1 cm³/mol. The van der Waals surface area contributed by atoms with Crippen molar-refractivity contribution in [3.63, 3.8) is 0 Å². The zero-order valence-electron chi connectivity index (χ0n) is 14.9. The van der Waals surface area contributed by atoms with E-state index in [4.69, 9.17) is 0 Å². The van der Waals surface area contributed by atoms with Crippen molar-refractivity contribution in [1.29, 1.82) is 0 Å². The molecule has 1 N–H and O–H groups in total. The molecule has 0 aromatic heterocycles. The number of carbonyl (C=O) groups excluding carboxylic acids is 2. The topological polar surface area (TPSA) is 89.9 Å². The highest BCUT2D eigenvalue weighted by atomic mass is 16.7. The fraction of sp³-hybridized carbons (Fsp3) is 0.526. The molecule has 0 amide bonds. The number of benzene rings is 1. The standard InChI is InChI=1S/C19H26O6/c1-4-14(15-9-7-6-8-10-15)12-16(17(20)21)11-13(3)18(22)25-19(23)24-5-2/h6-10,13-14,16H,4-5,11-12H2,1-3H3,(H,20,21). The lowest BCUT2D eigenvalue weighted by molar-refractivity contribution is -0.147. The summed E-state index contributed by atoms with van der Waals surface area (Å²) in [6, 6.07) is 9.72. The van der Waals surface area contributed by atoms with Crippen LogP contribution in [0.4, 0.5) is 4.79 Å². The number of carboxylic acid groups (broad SMARTS) is 1. The number of hydrogen-bond acceptors (Lipinski definition) is 5. The molecule has 0 fully saturated rings. The van der Waals surface area contributed by atoms with Gasteiger partial charge in [-0.1, -0.05) is 44.2 Å². The summed E-state index contributed by atoms with van der Waals surface area (Å²) in [7, 11) is 0. The molecule has 1 aromatic carbocycles. The van der Waals surface area contributed by atoms with Crippen molar-refractivity contribution in [2.45, 2.75) is 46.0 Å². The van der Waals surface area contributed by atoms with E-state index >= 15 is 0 Å². The SMILES string of the molecule is CCOC(=O)OC(=O)C(C)CC(CC(CC)c1ccccc1)C(=O)O. The van der Waals surface area contributed by atoms with Gasteiger partial charge in [0.2, 0.25) is 0 Å². The third-order valence-corrected chi connectivity index (χ3v) is 4.17. The van der Waals surface area contributed by atoms with Crippen LogP contribution in [0.2, 0.25) is 0 Å². The Bertz CT molecular complexity index is 569. The minimum atomic E-state index is -1.05. The lowest BCUT2D eigenvalue weighted by Crippen LogP contribution is -2.26. The van der Waals surface area contributed by atoms with Gasteiger partial charge in [0, 0.05) is 0 Å². The van der Waals surface area contributed by atoms with Crippen LogP contribution >= 0.6 is 0 Å². The molecule has 0 aliphatic heterocycles. The Labute approximate surface area is 148 Å². The zero-order chi connectivity index (χ0) is 18.8. The Morgan fingerprint density at radius 3 is 2.24 bits per heavy atom. The molecule has 1 rings (SSSR count). The van der Waals surface area contributed by atoms with Crippen molar-refractivity contribution >= 4 is 18.1 Å². The summed E-state index contributed by atoms with van der Waals surface area (Å²) in [6.07, 6.45) is 0.279. The maximum absolute atomic E-state index is 11.9. The summed E-state index contributed by atoms with van der Waals surface area (Å²) in [4.78, 5) is 34.7. The van der Waals surface area contributed by atoms with Crippen molar-refractivity contribution < 1.29 is 29.0 Å². The molecule has 0 saturated heterocycles. The summed E-state index contributed by atoms with van der Waals surface area (Å²) in [5.74, 6) is -3.04. The maximum Gasteiger partial charge on any atom is 0.516 e. The van der Waals surface area contributed by atoms with Gasteiger partial charge in [-0.15, -0.1) is 0 Å². The van der Waals surface area contributed by atoms with E-state index in [1.807, 2.05) is 37.3 Å². The second kappa shape index (κ2) is 10.5. The van der Waals surface area contributed by atoms with Crippen molar-refractivity contribution in [1.82, 2.24) is 0 Å². The van der Waals surface area contributed by atoms with Gasteiger partial charge in [0.1, 0.15) is 0 Å². The van der Waals surface area contributed by atoms with Crippen LogP contribution < -0.4 is 0 Å². The molecular weight excluding hydrogens is 324 g/mol. The molecule has 6 heteroatoms. The molecule has 0 radical (unpaired) electrons. The summed E-state index contributed by atoms with van der Waals surface area (Å²) < 4.78 is 9.11. The molecule has 3 unspecified atom stereocenters. The number of carbonyl (C=O) groups is 3. The van der Waals surface area contributed by atoms with Gasteiger partial charge in [0.25, 0.3) is 0 Å². The van der Waals surface area contributed by atoms with Crippen molar-refractivity contribution in [2.75, 3.05) is 6.61 Å². The molecule has 3 atom stereocenters. The molecule has 6 nitrogen and oxygen atoms in total. The Morgan fingerprint density at radius 1 is 1.08 bits per heavy atom. The first-order chi connectivity index (χ1) is 11.9. The van der Waals surface area contributed by atoms with Gasteiger partial charge >= 0.3 is 18.1 Å². The number of carboxylic acids is 1. The van der Waals surface area contributed by atoms with Crippen LogP contribution in [0.25, 0.3) is 0 Å². The molecule has 0 aliphatic carbocycles. The van der Waals surface area contributed by atoms with E-state index in [2.05, 4.69) is 9.47 Å². The molecule has 0 aliphatic rings. The highest BCUT2D eigenvalue weighted by molar-refractivity contribution is 5.83. The highest BCUT2D eigenvalue weighted by Crippen LogP contribution is 2.30. The van der Waals surface area contributed by atoms with E-state index in [1.54, 1.807) is 13.8 Å². The Balaban J connectivity index is 2.71. The zero-order valence-corrected chi connectivity index (χ0v) is 14.9. The van der Waals surface area contributed by atoms with Crippen LogP contribution in [0, 0.1) is 11.8 Å². The Kier molecular flexibility index (Phi) is 8.67. The van der Waals surface area contributed by atoms with Crippen LogP contribution in [0.15, 0.2) is 30.3 Å². The molecule has 138 valence electrons. The van der Waals surface area contributed by atoms with Crippen LogP contribution in [-0.2, 0) is 19.1 Å². The van der Waals surface area contributed by atoms with Crippen molar-refractivity contribution in [3.8, 4) is 0 Å². The Hall–Kier alpha value is -2.37. The summed E-state index contributed by atoms with van der Waals surface area (Å²) in [6.45, 7) is 5.27. The first-order valence-electron chi connectivity index (χ1n) is 8.55. The molecule has 0 saturated carbocycles. The van der Waals surface area contributed by atoms with Gasteiger partial charge in [0.05, 0.1) is 18.4 Å². The number of esters is 1. The quantitative estimate of drug-likeness (QED) is 0.535. The van der Waals surface area contributed by atoms with Crippen molar-refractivity contribution in [2.24, 2.45) is 11.8 Å². The summed E-state index contributed by atoms with van der Waals surface area (Å²) >= 11 is 0. The maximum atomic E-state index is 11.9. The normalized spacial score (nSPS) is 14.2. The monoisotopic (exact) mass is 350 g/mol. The molecule has 1 aromatic rings. The van der Waals surface area contributed by atoms with E-state index in [-0.39, 0.29) is 18.9 Å². The van der Waals surface area contributed by atoms with E-state index in [0.717, 1.165) is 12.0 Å². The second-order valence-corrected chi connectivity index (χ2v) is 6.03. The van der Waals surface area contributed by atoms with Crippen LogP contribution in [-0.4, -0.2) is 29.8 Å². The van der Waals surface area contributed by atoms with Gasteiger partial charge in [-0.2, -0.15) is 0 Å². The fourth-order valence-electron chi connectivity index (χ4n) is 2.76. The van der Waals surface area contributed by atoms with Crippen LogP contribution in [0.5, 0.6) is 0 Å². The average Bonchev–Trinajstić information content (AvgIpc) is 2.58. The largest absolute Gasteiger partial charge is 0.516 e. The van der Waals surface area contributed by atoms with Crippen LogP contribution in [0.1, 0.15) is 51.5 Å². The number of ether oxygens (including phenoxy) is 2. The first kappa shape index (κ1) is 20.7. The van der Waals surface area contributed by atoms with Gasteiger partial charge in [-0.3, -0.25) is 9.59 Å². The highest BCUT2D eigenvalue weighted by Gasteiger charge is 2.29. The van der Waals surface area contributed by atoms with E-state index in [0.29, 0.717) is 6.42 Å². The van der Waals surface area contributed by atoms with Gasteiger partial charge < -0.3 is 14.6 Å². The molecule has 0 bridgehead atoms. The second-order valence-electron chi connectivity index (χ2n) is 6.03. The van der Waals surface area contributed by atoms with E-state index in [1.165, 1.54) is 0 Å². The predicted octanol–water partition coefficient (Wildman–Crippen LogP) is 4.00. The van der Waals surface area contributed by atoms with E-state index in [9.17, 15) is 19.5 Å².